The van der Waals surface area contributed by atoms with Crippen LogP contribution in [0.1, 0.15) is 5.56 Å². The predicted octanol–water partition coefficient (Wildman–Crippen LogP) is 1.51. The number of hydrogen-bond donors (Lipinski definition) is 1. The Labute approximate surface area is 141 Å². The summed E-state index contributed by atoms with van der Waals surface area (Å²) in [5, 5.41) is 11.1. The summed E-state index contributed by atoms with van der Waals surface area (Å²) in [4.78, 5) is 14.6. The van der Waals surface area contributed by atoms with Gasteiger partial charge in [0.15, 0.2) is 0 Å². The summed E-state index contributed by atoms with van der Waals surface area (Å²) in [5.41, 5.74) is 2.20. The van der Waals surface area contributed by atoms with Crippen molar-refractivity contribution in [3.8, 4) is 5.75 Å². The van der Waals surface area contributed by atoms with Crippen LogP contribution in [0.5, 0.6) is 5.75 Å². The summed E-state index contributed by atoms with van der Waals surface area (Å²) in [6.45, 7) is 4.49. The number of ether oxygens (including phenoxy) is 1. The number of nitrogens with zero attached hydrogens (tertiary/aromatic N) is 2. The van der Waals surface area contributed by atoms with E-state index in [0.29, 0.717) is 6.54 Å². The van der Waals surface area contributed by atoms with Crippen LogP contribution in [-0.2, 0) is 6.54 Å². The summed E-state index contributed by atoms with van der Waals surface area (Å²) in [5.74, 6) is 0.863. The van der Waals surface area contributed by atoms with Gasteiger partial charge in [0.2, 0.25) is 0 Å². The summed E-state index contributed by atoms with van der Waals surface area (Å²) in [7, 11) is 1.67. The maximum absolute atomic E-state index is 11.1. The van der Waals surface area contributed by atoms with E-state index in [2.05, 4.69) is 11.0 Å². The van der Waals surface area contributed by atoms with E-state index in [4.69, 9.17) is 4.74 Å². The highest BCUT2D eigenvalue weighted by molar-refractivity contribution is 5.50. The smallest absolute Gasteiger partial charge is 0.278 e. The molecule has 1 N–H and O–H groups in total. The van der Waals surface area contributed by atoms with Crippen LogP contribution >= 0.6 is 0 Å². The van der Waals surface area contributed by atoms with Crippen molar-refractivity contribution in [3.63, 3.8) is 0 Å². The van der Waals surface area contributed by atoms with E-state index in [1.165, 1.54) is 10.6 Å². The van der Waals surface area contributed by atoms with Crippen LogP contribution in [0.25, 0.3) is 0 Å². The van der Waals surface area contributed by atoms with E-state index in [1.807, 2.05) is 30.3 Å². The van der Waals surface area contributed by atoms with Gasteiger partial charge in [0, 0.05) is 17.8 Å². The van der Waals surface area contributed by atoms with Gasteiger partial charge in [0.25, 0.3) is 5.69 Å². The van der Waals surface area contributed by atoms with E-state index in [0.717, 1.165) is 37.5 Å². The molecule has 6 heteroatoms. The number of rotatable bonds is 5. The molecule has 1 aliphatic heterocycles. The van der Waals surface area contributed by atoms with Crippen LogP contribution in [0.3, 0.4) is 0 Å². The van der Waals surface area contributed by atoms with Crippen molar-refractivity contribution in [1.29, 1.82) is 0 Å². The van der Waals surface area contributed by atoms with Crippen molar-refractivity contribution in [2.75, 3.05) is 38.2 Å². The highest BCUT2D eigenvalue weighted by Crippen LogP contribution is 2.21. The lowest BCUT2D eigenvalue weighted by molar-refractivity contribution is -0.914. The molecule has 1 aliphatic rings. The minimum Gasteiger partial charge on any atom is -0.497 e. The average Bonchev–Trinajstić information content (AvgIpc) is 2.62. The lowest BCUT2D eigenvalue weighted by Gasteiger charge is -2.33. The van der Waals surface area contributed by atoms with Crippen molar-refractivity contribution < 1.29 is 14.6 Å². The number of quaternary nitrogens is 1. The van der Waals surface area contributed by atoms with Crippen molar-refractivity contribution >= 4 is 11.4 Å². The van der Waals surface area contributed by atoms with Crippen LogP contribution in [0.2, 0.25) is 0 Å². The Bertz CT molecular complexity index is 712. The SMILES string of the molecule is COc1cccc(N2CC[NH+](Cc3ccccc3[N+](=O)[O-])CC2)c1. The molecule has 0 spiro atoms. The molecule has 1 heterocycles. The standard InChI is InChI=1S/C18H21N3O3/c1-24-17-7-4-6-16(13-17)20-11-9-19(10-12-20)14-15-5-2-3-8-18(15)21(22)23/h2-8,13H,9-12,14H2,1H3/p+1. The Balaban J connectivity index is 1.62. The molecule has 3 rings (SSSR count). The number of nitro benzene ring substituents is 1. The average molecular weight is 328 g/mol. The summed E-state index contributed by atoms with van der Waals surface area (Å²) >= 11 is 0. The summed E-state index contributed by atoms with van der Waals surface area (Å²) in [6, 6.07) is 15.1. The van der Waals surface area contributed by atoms with E-state index >= 15 is 0 Å². The van der Waals surface area contributed by atoms with Gasteiger partial charge in [-0.15, -0.1) is 0 Å². The molecule has 0 amide bonds. The van der Waals surface area contributed by atoms with Crippen molar-refractivity contribution in [3.05, 3.63) is 64.2 Å². The fraction of sp³-hybridized carbons (Fsp3) is 0.333. The molecule has 1 saturated heterocycles. The van der Waals surface area contributed by atoms with Gasteiger partial charge >= 0.3 is 0 Å². The highest BCUT2D eigenvalue weighted by Gasteiger charge is 2.23. The minimum absolute atomic E-state index is 0.222. The van der Waals surface area contributed by atoms with Crippen molar-refractivity contribution in [1.82, 2.24) is 0 Å². The first-order valence-corrected chi connectivity index (χ1v) is 8.12. The number of methoxy groups -OCH3 is 1. The number of benzene rings is 2. The fourth-order valence-electron chi connectivity index (χ4n) is 3.17. The summed E-state index contributed by atoms with van der Waals surface area (Å²) in [6.07, 6.45) is 0. The molecule has 2 aromatic rings. The van der Waals surface area contributed by atoms with Gasteiger partial charge in [-0.05, 0) is 18.2 Å². The number of piperazine rings is 1. The maximum Gasteiger partial charge on any atom is 0.278 e. The molecular formula is C18H22N3O3+. The molecule has 6 nitrogen and oxygen atoms in total. The molecule has 0 saturated carbocycles. The van der Waals surface area contributed by atoms with Crippen molar-refractivity contribution in [2.45, 2.75) is 6.54 Å². The van der Waals surface area contributed by atoms with E-state index < -0.39 is 0 Å². The molecular weight excluding hydrogens is 306 g/mol. The Morgan fingerprint density at radius 1 is 1.17 bits per heavy atom. The molecule has 0 aromatic heterocycles. The molecule has 0 radical (unpaired) electrons. The Morgan fingerprint density at radius 2 is 1.92 bits per heavy atom. The van der Waals surface area contributed by atoms with E-state index in [1.54, 1.807) is 19.2 Å². The molecule has 1 fully saturated rings. The second-order valence-corrected chi connectivity index (χ2v) is 6.00. The Morgan fingerprint density at radius 3 is 2.62 bits per heavy atom. The number of nitrogens with one attached hydrogen (secondary N) is 1. The first kappa shape index (κ1) is 16.3. The van der Waals surface area contributed by atoms with Gasteiger partial charge in [0.1, 0.15) is 12.3 Å². The second kappa shape index (κ2) is 7.31. The zero-order chi connectivity index (χ0) is 16.9. The van der Waals surface area contributed by atoms with Crippen LogP contribution in [-0.4, -0.2) is 38.2 Å². The zero-order valence-electron chi connectivity index (χ0n) is 13.8. The highest BCUT2D eigenvalue weighted by atomic mass is 16.6. The molecule has 126 valence electrons. The maximum atomic E-state index is 11.1. The molecule has 0 aliphatic carbocycles. The summed E-state index contributed by atoms with van der Waals surface area (Å²) < 4.78 is 5.29. The van der Waals surface area contributed by atoms with Gasteiger partial charge in [-0.1, -0.05) is 18.2 Å². The number of hydrogen-bond acceptors (Lipinski definition) is 4. The third kappa shape index (κ3) is 3.65. The molecule has 2 aromatic carbocycles. The van der Waals surface area contributed by atoms with Gasteiger partial charge in [-0.3, -0.25) is 10.1 Å². The van der Waals surface area contributed by atoms with Crippen molar-refractivity contribution in [2.24, 2.45) is 0 Å². The quantitative estimate of drug-likeness (QED) is 0.668. The number of para-hydroxylation sites is 1. The van der Waals surface area contributed by atoms with Crippen LogP contribution < -0.4 is 14.5 Å². The first-order chi connectivity index (χ1) is 11.7. The van der Waals surface area contributed by atoms with Crippen LogP contribution in [0.15, 0.2) is 48.5 Å². The number of anilines is 1. The zero-order valence-corrected chi connectivity index (χ0v) is 13.8. The molecule has 24 heavy (non-hydrogen) atoms. The normalized spacial score (nSPS) is 15.3. The van der Waals surface area contributed by atoms with Gasteiger partial charge < -0.3 is 14.5 Å². The Kier molecular flexibility index (Phi) is 4.96. The second-order valence-electron chi connectivity index (χ2n) is 6.00. The molecule has 0 unspecified atom stereocenters. The lowest BCUT2D eigenvalue weighted by Crippen LogP contribution is -3.13. The van der Waals surface area contributed by atoms with Gasteiger partial charge in [-0.25, -0.2) is 0 Å². The fourth-order valence-corrected chi connectivity index (χ4v) is 3.17. The van der Waals surface area contributed by atoms with E-state index in [9.17, 15) is 10.1 Å². The molecule has 0 atom stereocenters. The Hall–Kier alpha value is -2.60. The topological polar surface area (TPSA) is 60.0 Å². The van der Waals surface area contributed by atoms with Gasteiger partial charge in [-0.2, -0.15) is 0 Å². The van der Waals surface area contributed by atoms with Crippen LogP contribution in [0.4, 0.5) is 11.4 Å². The van der Waals surface area contributed by atoms with Gasteiger partial charge in [0.05, 0.1) is 43.8 Å². The largest absolute Gasteiger partial charge is 0.497 e. The predicted molar refractivity (Wildman–Crippen MR) is 92.7 cm³/mol. The minimum atomic E-state index is -0.290. The first-order valence-electron chi connectivity index (χ1n) is 8.12. The number of nitro groups is 1. The monoisotopic (exact) mass is 328 g/mol. The van der Waals surface area contributed by atoms with Crippen LogP contribution in [0, 0.1) is 10.1 Å². The third-order valence-corrected chi connectivity index (χ3v) is 4.52. The lowest BCUT2D eigenvalue weighted by atomic mass is 10.1. The molecule has 0 bridgehead atoms. The van der Waals surface area contributed by atoms with E-state index in [-0.39, 0.29) is 10.6 Å². The third-order valence-electron chi connectivity index (χ3n) is 4.52.